The number of hydrogen-bond donors (Lipinski definition) is 1. The van der Waals surface area contributed by atoms with E-state index >= 15 is 0 Å². The normalized spacial score (nSPS) is 12.2. The highest BCUT2D eigenvalue weighted by Gasteiger charge is 2.10. The van der Waals surface area contributed by atoms with Gasteiger partial charge in [0.2, 0.25) is 0 Å². The van der Waals surface area contributed by atoms with Gasteiger partial charge in [-0.25, -0.2) is 4.39 Å². The molecule has 0 aliphatic rings. The van der Waals surface area contributed by atoms with E-state index in [4.69, 9.17) is 0 Å². The minimum atomic E-state index is -0.200. The molecule has 0 spiro atoms. The predicted octanol–water partition coefficient (Wildman–Crippen LogP) is 5.26. The molecule has 20 heavy (non-hydrogen) atoms. The van der Waals surface area contributed by atoms with Crippen LogP contribution in [0.4, 0.5) is 10.1 Å². The summed E-state index contributed by atoms with van der Waals surface area (Å²) in [6.07, 6.45) is 2.01. The summed E-state index contributed by atoms with van der Waals surface area (Å²) in [6, 6.07) is 13.7. The van der Waals surface area contributed by atoms with Crippen LogP contribution in [0.2, 0.25) is 0 Å². The van der Waals surface area contributed by atoms with E-state index in [1.54, 1.807) is 6.07 Å². The van der Waals surface area contributed by atoms with Gasteiger partial charge in [-0.3, -0.25) is 0 Å². The molecular formula is C18H22FN. The van der Waals surface area contributed by atoms with Crippen LogP contribution in [0, 0.1) is 12.7 Å². The van der Waals surface area contributed by atoms with Crippen molar-refractivity contribution < 1.29 is 4.39 Å². The quantitative estimate of drug-likeness (QED) is 0.782. The monoisotopic (exact) mass is 271 g/mol. The van der Waals surface area contributed by atoms with Crippen LogP contribution >= 0.6 is 0 Å². The first-order valence-corrected chi connectivity index (χ1v) is 7.25. The second kappa shape index (κ2) is 6.56. The maximum atomic E-state index is 13.4. The Kier molecular flexibility index (Phi) is 4.78. The lowest BCUT2D eigenvalue weighted by atomic mass is 10.0. The summed E-state index contributed by atoms with van der Waals surface area (Å²) < 4.78 is 13.4. The molecule has 106 valence electrons. The molecule has 1 nitrogen and oxygen atoms in total. The van der Waals surface area contributed by atoms with Crippen LogP contribution in [0.3, 0.4) is 0 Å². The van der Waals surface area contributed by atoms with Crippen molar-refractivity contribution in [2.45, 2.75) is 39.7 Å². The van der Waals surface area contributed by atoms with Crippen molar-refractivity contribution in [2.75, 3.05) is 5.32 Å². The van der Waals surface area contributed by atoms with Gasteiger partial charge in [-0.2, -0.15) is 0 Å². The molecule has 0 saturated heterocycles. The molecule has 0 aliphatic heterocycles. The minimum absolute atomic E-state index is 0.200. The molecular weight excluding hydrogens is 249 g/mol. The van der Waals surface area contributed by atoms with Crippen LogP contribution in [-0.4, -0.2) is 0 Å². The summed E-state index contributed by atoms with van der Waals surface area (Å²) in [4.78, 5) is 0. The lowest BCUT2D eigenvalue weighted by Crippen LogP contribution is -2.10. The molecule has 2 aromatic rings. The summed E-state index contributed by atoms with van der Waals surface area (Å²) in [5, 5.41) is 3.45. The van der Waals surface area contributed by atoms with Crippen molar-refractivity contribution in [3.8, 4) is 0 Å². The summed E-state index contributed by atoms with van der Waals surface area (Å²) in [6.45, 7) is 6.29. The molecule has 0 heterocycles. The summed E-state index contributed by atoms with van der Waals surface area (Å²) >= 11 is 0. The van der Waals surface area contributed by atoms with Crippen molar-refractivity contribution in [3.63, 3.8) is 0 Å². The SMILES string of the molecule is CCc1ccc(C(CC)Nc2cc(F)ccc2C)cc1. The van der Waals surface area contributed by atoms with Crippen LogP contribution in [-0.2, 0) is 6.42 Å². The lowest BCUT2D eigenvalue weighted by molar-refractivity contribution is 0.627. The average molecular weight is 271 g/mol. The maximum Gasteiger partial charge on any atom is 0.125 e. The Labute approximate surface area is 120 Å². The largest absolute Gasteiger partial charge is 0.378 e. The van der Waals surface area contributed by atoms with Gasteiger partial charge in [0.05, 0.1) is 6.04 Å². The first-order chi connectivity index (χ1) is 9.63. The molecule has 0 bridgehead atoms. The molecule has 0 aromatic heterocycles. The van der Waals surface area contributed by atoms with Gasteiger partial charge in [-0.1, -0.05) is 44.2 Å². The molecule has 0 fully saturated rings. The second-order valence-electron chi connectivity index (χ2n) is 5.16. The zero-order valence-corrected chi connectivity index (χ0v) is 12.4. The Balaban J connectivity index is 2.21. The van der Waals surface area contributed by atoms with E-state index in [9.17, 15) is 4.39 Å². The first kappa shape index (κ1) is 14.6. The van der Waals surface area contributed by atoms with E-state index in [0.717, 1.165) is 24.1 Å². The summed E-state index contributed by atoms with van der Waals surface area (Å²) in [5.41, 5.74) is 4.52. The molecule has 0 radical (unpaired) electrons. The first-order valence-electron chi connectivity index (χ1n) is 7.25. The molecule has 2 rings (SSSR count). The van der Waals surface area contributed by atoms with Crippen LogP contribution < -0.4 is 5.32 Å². The van der Waals surface area contributed by atoms with Crippen molar-refractivity contribution >= 4 is 5.69 Å². The highest BCUT2D eigenvalue weighted by Crippen LogP contribution is 2.25. The molecule has 0 amide bonds. The smallest absolute Gasteiger partial charge is 0.125 e. The number of halogens is 1. The van der Waals surface area contributed by atoms with E-state index < -0.39 is 0 Å². The van der Waals surface area contributed by atoms with Crippen LogP contribution in [0.1, 0.15) is 43.0 Å². The van der Waals surface area contributed by atoms with Crippen molar-refractivity contribution in [2.24, 2.45) is 0 Å². The third-order valence-electron chi connectivity index (χ3n) is 3.73. The number of aryl methyl sites for hydroxylation is 2. The Morgan fingerprint density at radius 3 is 2.35 bits per heavy atom. The molecule has 2 heteroatoms. The molecule has 0 aliphatic carbocycles. The van der Waals surface area contributed by atoms with Crippen LogP contribution in [0.5, 0.6) is 0 Å². The summed E-state index contributed by atoms with van der Waals surface area (Å²) in [7, 11) is 0. The van der Waals surface area contributed by atoms with Gasteiger partial charge < -0.3 is 5.32 Å². The fraction of sp³-hybridized carbons (Fsp3) is 0.333. The number of nitrogens with one attached hydrogen (secondary N) is 1. The third-order valence-corrected chi connectivity index (χ3v) is 3.73. The van der Waals surface area contributed by atoms with Crippen LogP contribution in [0.15, 0.2) is 42.5 Å². The van der Waals surface area contributed by atoms with Crippen molar-refractivity contribution in [3.05, 3.63) is 65.0 Å². The fourth-order valence-corrected chi connectivity index (χ4v) is 2.34. The van der Waals surface area contributed by atoms with Crippen LogP contribution in [0.25, 0.3) is 0 Å². The summed E-state index contributed by atoms with van der Waals surface area (Å²) in [5.74, 6) is -0.200. The van der Waals surface area contributed by atoms with E-state index in [1.165, 1.54) is 17.2 Å². The number of hydrogen-bond acceptors (Lipinski definition) is 1. The van der Waals surface area contributed by atoms with Crippen molar-refractivity contribution in [1.82, 2.24) is 0 Å². The highest BCUT2D eigenvalue weighted by atomic mass is 19.1. The molecule has 1 atom stereocenters. The second-order valence-corrected chi connectivity index (χ2v) is 5.16. The fourth-order valence-electron chi connectivity index (χ4n) is 2.34. The Morgan fingerprint density at radius 1 is 1.05 bits per heavy atom. The highest BCUT2D eigenvalue weighted by molar-refractivity contribution is 5.52. The van der Waals surface area contributed by atoms with E-state index in [0.29, 0.717) is 0 Å². The topological polar surface area (TPSA) is 12.0 Å². The lowest BCUT2D eigenvalue weighted by Gasteiger charge is -2.20. The van der Waals surface area contributed by atoms with E-state index in [-0.39, 0.29) is 11.9 Å². The van der Waals surface area contributed by atoms with Gasteiger partial charge in [0.1, 0.15) is 5.82 Å². The molecule has 1 N–H and O–H groups in total. The van der Waals surface area contributed by atoms with Gasteiger partial charge in [-0.15, -0.1) is 0 Å². The van der Waals surface area contributed by atoms with Gasteiger partial charge in [0, 0.05) is 5.69 Å². The predicted molar refractivity (Wildman–Crippen MR) is 83.6 cm³/mol. The zero-order chi connectivity index (χ0) is 14.5. The number of benzene rings is 2. The Bertz CT molecular complexity index is 560. The Morgan fingerprint density at radius 2 is 1.75 bits per heavy atom. The van der Waals surface area contributed by atoms with Gasteiger partial charge in [0.25, 0.3) is 0 Å². The van der Waals surface area contributed by atoms with Gasteiger partial charge >= 0.3 is 0 Å². The van der Waals surface area contributed by atoms with Gasteiger partial charge in [-0.05, 0) is 48.6 Å². The number of rotatable bonds is 5. The third kappa shape index (κ3) is 3.38. The van der Waals surface area contributed by atoms with Gasteiger partial charge in [0.15, 0.2) is 0 Å². The zero-order valence-electron chi connectivity index (χ0n) is 12.4. The Hall–Kier alpha value is -1.83. The van der Waals surface area contributed by atoms with E-state index in [1.807, 2.05) is 13.0 Å². The van der Waals surface area contributed by atoms with E-state index in [2.05, 4.69) is 43.4 Å². The standard InChI is InChI=1S/C18H22FN/c1-4-14-7-9-15(10-8-14)17(5-2)20-18-12-16(19)11-6-13(18)3/h6-12,17,20H,4-5H2,1-3H3. The number of anilines is 1. The maximum absolute atomic E-state index is 13.4. The molecule has 2 aromatic carbocycles. The molecule has 1 unspecified atom stereocenters. The minimum Gasteiger partial charge on any atom is -0.378 e. The van der Waals surface area contributed by atoms with Crippen molar-refractivity contribution in [1.29, 1.82) is 0 Å². The average Bonchev–Trinajstić information content (AvgIpc) is 2.48. The molecule has 0 saturated carbocycles.